The number of nitrogens with zero attached hydrogens (tertiary/aromatic N) is 3. The molecule has 2 rings (SSSR count). The van der Waals surface area contributed by atoms with Crippen molar-refractivity contribution in [1.29, 1.82) is 0 Å². The van der Waals surface area contributed by atoms with E-state index in [-0.39, 0.29) is 0 Å². The molecule has 76 valence electrons. The lowest BCUT2D eigenvalue weighted by Crippen LogP contribution is -2.18. The SMILES string of the molecule is Cc1ccc(NC(=S)n2ccnc2)nc1. The minimum atomic E-state index is 0.559. The molecule has 0 aliphatic carbocycles. The van der Waals surface area contributed by atoms with E-state index in [0.29, 0.717) is 5.11 Å². The number of imidazole rings is 1. The van der Waals surface area contributed by atoms with Crippen LogP contribution < -0.4 is 5.32 Å². The van der Waals surface area contributed by atoms with Gasteiger partial charge in [0.2, 0.25) is 0 Å². The molecule has 0 aromatic carbocycles. The molecule has 0 amide bonds. The smallest absolute Gasteiger partial charge is 0.184 e. The van der Waals surface area contributed by atoms with E-state index in [9.17, 15) is 0 Å². The Morgan fingerprint density at radius 3 is 2.93 bits per heavy atom. The summed E-state index contributed by atoms with van der Waals surface area (Å²) in [5, 5.41) is 3.57. The average molecular weight is 218 g/mol. The van der Waals surface area contributed by atoms with Crippen LogP contribution >= 0.6 is 12.2 Å². The second kappa shape index (κ2) is 4.18. The molecule has 2 heterocycles. The summed E-state index contributed by atoms with van der Waals surface area (Å²) in [6.45, 7) is 1.99. The summed E-state index contributed by atoms with van der Waals surface area (Å²) in [4.78, 5) is 8.11. The molecule has 0 spiro atoms. The van der Waals surface area contributed by atoms with Crippen molar-refractivity contribution in [2.45, 2.75) is 6.92 Å². The molecule has 5 heteroatoms. The quantitative estimate of drug-likeness (QED) is 0.742. The molecule has 0 atom stereocenters. The van der Waals surface area contributed by atoms with Gasteiger partial charge < -0.3 is 5.32 Å². The van der Waals surface area contributed by atoms with Gasteiger partial charge in [-0.2, -0.15) is 0 Å². The molecular weight excluding hydrogens is 208 g/mol. The minimum Gasteiger partial charge on any atom is -0.317 e. The van der Waals surface area contributed by atoms with Crippen molar-refractivity contribution < 1.29 is 0 Å². The molecule has 15 heavy (non-hydrogen) atoms. The van der Waals surface area contributed by atoms with Gasteiger partial charge in [-0.1, -0.05) is 6.07 Å². The van der Waals surface area contributed by atoms with Gasteiger partial charge in [-0.25, -0.2) is 9.97 Å². The van der Waals surface area contributed by atoms with Gasteiger partial charge in [0.25, 0.3) is 0 Å². The largest absolute Gasteiger partial charge is 0.317 e. The number of thiocarbonyl (C=S) groups is 1. The predicted molar refractivity (Wildman–Crippen MR) is 62.8 cm³/mol. The Morgan fingerprint density at radius 2 is 2.33 bits per heavy atom. The van der Waals surface area contributed by atoms with Crippen LogP contribution in [0, 0.1) is 6.92 Å². The number of aryl methyl sites for hydroxylation is 1. The molecule has 0 saturated carbocycles. The van der Waals surface area contributed by atoms with Gasteiger partial charge in [0, 0.05) is 18.6 Å². The van der Waals surface area contributed by atoms with Crippen molar-refractivity contribution in [3.8, 4) is 0 Å². The minimum absolute atomic E-state index is 0.559. The highest BCUT2D eigenvalue weighted by atomic mass is 32.1. The van der Waals surface area contributed by atoms with E-state index in [1.165, 1.54) is 0 Å². The molecule has 0 aliphatic rings. The van der Waals surface area contributed by atoms with Crippen LogP contribution in [0.3, 0.4) is 0 Å². The maximum atomic E-state index is 5.16. The molecule has 0 fully saturated rings. The first-order chi connectivity index (χ1) is 7.25. The number of pyridine rings is 1. The molecule has 0 bridgehead atoms. The zero-order valence-electron chi connectivity index (χ0n) is 8.21. The topological polar surface area (TPSA) is 42.7 Å². The average Bonchev–Trinajstić information content (AvgIpc) is 2.74. The van der Waals surface area contributed by atoms with Gasteiger partial charge in [-0.15, -0.1) is 0 Å². The summed E-state index contributed by atoms with van der Waals surface area (Å²) in [5.74, 6) is 0.735. The molecule has 0 aliphatic heterocycles. The van der Waals surface area contributed by atoms with Crippen molar-refractivity contribution in [2.24, 2.45) is 0 Å². The molecule has 2 aromatic heterocycles. The Kier molecular flexibility index (Phi) is 2.73. The van der Waals surface area contributed by atoms with Crippen LogP contribution in [-0.2, 0) is 0 Å². The number of rotatable bonds is 1. The lowest BCUT2D eigenvalue weighted by atomic mass is 10.3. The first-order valence-electron chi connectivity index (χ1n) is 4.48. The number of anilines is 1. The fourth-order valence-corrected chi connectivity index (χ4v) is 1.31. The van der Waals surface area contributed by atoms with E-state index < -0.39 is 0 Å². The fourth-order valence-electron chi connectivity index (χ4n) is 1.10. The van der Waals surface area contributed by atoms with Crippen molar-refractivity contribution in [3.63, 3.8) is 0 Å². The first-order valence-corrected chi connectivity index (χ1v) is 4.88. The summed E-state index contributed by atoms with van der Waals surface area (Å²) < 4.78 is 1.72. The second-order valence-corrected chi connectivity index (χ2v) is 3.51. The van der Waals surface area contributed by atoms with Gasteiger partial charge in [0.15, 0.2) is 5.11 Å². The van der Waals surface area contributed by atoms with Crippen LogP contribution in [0.1, 0.15) is 5.56 Å². The van der Waals surface area contributed by atoms with Crippen LogP contribution in [0.4, 0.5) is 5.82 Å². The van der Waals surface area contributed by atoms with Crippen LogP contribution in [0.5, 0.6) is 0 Å². The Labute approximate surface area is 93.0 Å². The molecule has 1 N–H and O–H groups in total. The summed E-state index contributed by atoms with van der Waals surface area (Å²) >= 11 is 5.16. The summed E-state index contributed by atoms with van der Waals surface area (Å²) in [6, 6.07) is 3.87. The maximum absolute atomic E-state index is 5.16. The van der Waals surface area contributed by atoms with Gasteiger partial charge in [0.05, 0.1) is 0 Å². The predicted octanol–water partition coefficient (Wildman–Crippen LogP) is 1.83. The van der Waals surface area contributed by atoms with E-state index >= 15 is 0 Å². The summed E-state index contributed by atoms with van der Waals surface area (Å²) in [7, 11) is 0. The van der Waals surface area contributed by atoms with E-state index in [4.69, 9.17) is 12.2 Å². The monoisotopic (exact) mass is 218 g/mol. The zero-order valence-corrected chi connectivity index (χ0v) is 9.03. The van der Waals surface area contributed by atoms with E-state index in [0.717, 1.165) is 11.4 Å². The first kappa shape index (κ1) is 9.79. The number of nitrogens with one attached hydrogen (secondary N) is 1. The standard InChI is InChI=1S/C10H10N4S/c1-8-2-3-9(12-6-8)13-10(15)14-5-4-11-7-14/h2-7H,1H3,(H,12,13,15). The van der Waals surface area contributed by atoms with Gasteiger partial charge in [-0.3, -0.25) is 4.57 Å². The molecule has 4 nitrogen and oxygen atoms in total. The van der Waals surface area contributed by atoms with E-state index in [1.54, 1.807) is 29.5 Å². The van der Waals surface area contributed by atoms with Crippen molar-refractivity contribution in [2.75, 3.05) is 5.32 Å². The Morgan fingerprint density at radius 1 is 1.47 bits per heavy atom. The number of hydrogen-bond acceptors (Lipinski definition) is 3. The third-order valence-electron chi connectivity index (χ3n) is 1.89. The lowest BCUT2D eigenvalue weighted by molar-refractivity contribution is 1.14. The number of hydrogen-bond donors (Lipinski definition) is 1. The third kappa shape index (κ3) is 2.38. The Bertz CT molecular complexity index is 447. The van der Waals surface area contributed by atoms with Crippen LogP contribution in [0.2, 0.25) is 0 Å². The van der Waals surface area contributed by atoms with Crippen LogP contribution in [0.25, 0.3) is 0 Å². The van der Waals surface area contributed by atoms with E-state index in [1.807, 2.05) is 19.1 Å². The highest BCUT2D eigenvalue weighted by molar-refractivity contribution is 7.80. The Balaban J connectivity index is 2.09. The van der Waals surface area contributed by atoms with E-state index in [2.05, 4.69) is 15.3 Å². The summed E-state index contributed by atoms with van der Waals surface area (Å²) in [5.41, 5.74) is 1.12. The van der Waals surface area contributed by atoms with Crippen LogP contribution in [-0.4, -0.2) is 19.6 Å². The molecule has 2 aromatic rings. The molecule has 0 radical (unpaired) electrons. The fraction of sp³-hybridized carbons (Fsp3) is 0.100. The second-order valence-electron chi connectivity index (χ2n) is 3.12. The van der Waals surface area contributed by atoms with Gasteiger partial charge in [0.1, 0.15) is 12.1 Å². The summed E-state index contributed by atoms with van der Waals surface area (Å²) in [6.07, 6.45) is 6.89. The lowest BCUT2D eigenvalue weighted by Gasteiger charge is -2.06. The Hall–Kier alpha value is -1.75. The van der Waals surface area contributed by atoms with Crippen molar-refractivity contribution in [1.82, 2.24) is 14.5 Å². The third-order valence-corrected chi connectivity index (χ3v) is 2.20. The molecule has 0 unspecified atom stereocenters. The highest BCUT2D eigenvalue weighted by Crippen LogP contribution is 2.04. The van der Waals surface area contributed by atoms with Crippen LogP contribution in [0.15, 0.2) is 37.1 Å². The van der Waals surface area contributed by atoms with Crippen molar-refractivity contribution in [3.05, 3.63) is 42.6 Å². The molecular formula is C10H10N4S. The zero-order chi connectivity index (χ0) is 10.7. The number of aromatic nitrogens is 3. The highest BCUT2D eigenvalue weighted by Gasteiger charge is 1.99. The maximum Gasteiger partial charge on any atom is 0.184 e. The van der Waals surface area contributed by atoms with Gasteiger partial charge >= 0.3 is 0 Å². The van der Waals surface area contributed by atoms with Gasteiger partial charge in [-0.05, 0) is 30.8 Å². The normalized spacial score (nSPS) is 9.93. The molecule has 0 saturated heterocycles. The van der Waals surface area contributed by atoms with Crippen molar-refractivity contribution >= 4 is 23.1 Å².